The second kappa shape index (κ2) is 3.75. The number of nitrogens with zero attached hydrogens (tertiary/aromatic N) is 2. The third-order valence-corrected chi connectivity index (χ3v) is 2.37. The number of nitrogens with two attached hydrogens (primary N) is 1. The number of nitrogens with one attached hydrogen (secondary N) is 1. The quantitative estimate of drug-likeness (QED) is 0.769. The maximum absolute atomic E-state index is 5.51. The van der Waals surface area contributed by atoms with E-state index in [1.807, 2.05) is 6.07 Å². The smallest absolute Gasteiger partial charge is 0.110 e. The molecule has 0 saturated heterocycles. The first kappa shape index (κ1) is 9.15. The van der Waals surface area contributed by atoms with E-state index < -0.39 is 0 Å². The lowest BCUT2D eigenvalue weighted by molar-refractivity contribution is 0.657. The van der Waals surface area contributed by atoms with Crippen LogP contribution in [0.4, 0.5) is 0 Å². The van der Waals surface area contributed by atoms with E-state index in [4.69, 9.17) is 5.73 Å². The van der Waals surface area contributed by atoms with Gasteiger partial charge in [0.25, 0.3) is 0 Å². The Balaban J connectivity index is 2.35. The van der Waals surface area contributed by atoms with E-state index in [0.29, 0.717) is 12.5 Å². The van der Waals surface area contributed by atoms with Crippen LogP contribution in [0.25, 0.3) is 11.0 Å². The summed E-state index contributed by atoms with van der Waals surface area (Å²) >= 11 is 0. The number of hydrogen-bond acceptors (Lipinski definition) is 3. The maximum Gasteiger partial charge on any atom is 0.110 e. The fraction of sp³-hybridized carbons (Fsp3) is 0.400. The van der Waals surface area contributed by atoms with E-state index in [0.717, 1.165) is 23.3 Å². The number of H-pyrrole nitrogens is 1. The lowest BCUT2D eigenvalue weighted by Crippen LogP contribution is -2.05. The van der Waals surface area contributed by atoms with Gasteiger partial charge in [-0.15, -0.1) is 0 Å². The molecule has 74 valence electrons. The van der Waals surface area contributed by atoms with Crippen LogP contribution in [0.2, 0.25) is 0 Å². The SMILES string of the molecule is CC(CCN)c1nc2ccncc2[nH]1. The fourth-order valence-electron chi connectivity index (χ4n) is 1.50. The number of aromatic nitrogens is 3. The Hall–Kier alpha value is -1.42. The Morgan fingerprint density at radius 1 is 1.57 bits per heavy atom. The van der Waals surface area contributed by atoms with Gasteiger partial charge in [0.15, 0.2) is 0 Å². The van der Waals surface area contributed by atoms with Gasteiger partial charge in [-0.2, -0.15) is 0 Å². The zero-order valence-corrected chi connectivity index (χ0v) is 8.20. The number of imidazole rings is 1. The molecule has 0 amide bonds. The first-order valence-electron chi connectivity index (χ1n) is 4.81. The Morgan fingerprint density at radius 2 is 2.43 bits per heavy atom. The van der Waals surface area contributed by atoms with Gasteiger partial charge in [-0.3, -0.25) is 4.98 Å². The van der Waals surface area contributed by atoms with Crippen molar-refractivity contribution in [2.75, 3.05) is 6.54 Å². The summed E-state index contributed by atoms with van der Waals surface area (Å²) in [6, 6.07) is 1.91. The third kappa shape index (κ3) is 1.61. The van der Waals surface area contributed by atoms with Crippen LogP contribution in [0.1, 0.15) is 25.1 Å². The molecule has 2 aromatic heterocycles. The van der Waals surface area contributed by atoms with E-state index >= 15 is 0 Å². The van der Waals surface area contributed by atoms with Crippen LogP contribution >= 0.6 is 0 Å². The average Bonchev–Trinajstić information content (AvgIpc) is 2.61. The maximum atomic E-state index is 5.51. The van der Waals surface area contributed by atoms with Crippen molar-refractivity contribution in [3.8, 4) is 0 Å². The Morgan fingerprint density at radius 3 is 3.14 bits per heavy atom. The van der Waals surface area contributed by atoms with Crippen LogP contribution in [0.3, 0.4) is 0 Å². The molecule has 0 spiro atoms. The van der Waals surface area contributed by atoms with E-state index in [1.165, 1.54) is 0 Å². The van der Waals surface area contributed by atoms with Crippen molar-refractivity contribution in [1.82, 2.24) is 15.0 Å². The van der Waals surface area contributed by atoms with E-state index in [9.17, 15) is 0 Å². The zero-order chi connectivity index (χ0) is 9.97. The molecule has 1 unspecified atom stereocenters. The molecule has 0 saturated carbocycles. The minimum Gasteiger partial charge on any atom is -0.340 e. The van der Waals surface area contributed by atoms with Gasteiger partial charge in [0.1, 0.15) is 5.82 Å². The van der Waals surface area contributed by atoms with Crippen LogP contribution in [0, 0.1) is 0 Å². The predicted molar refractivity (Wildman–Crippen MR) is 56.0 cm³/mol. The number of rotatable bonds is 3. The number of aromatic amines is 1. The Labute approximate surface area is 82.6 Å². The van der Waals surface area contributed by atoms with Crippen LogP contribution < -0.4 is 5.73 Å². The minimum absolute atomic E-state index is 0.382. The van der Waals surface area contributed by atoms with Crippen molar-refractivity contribution in [3.05, 3.63) is 24.3 Å². The molecule has 0 aliphatic carbocycles. The van der Waals surface area contributed by atoms with Crippen molar-refractivity contribution < 1.29 is 0 Å². The summed E-state index contributed by atoms with van der Waals surface area (Å²) in [5, 5.41) is 0. The van der Waals surface area contributed by atoms with Gasteiger partial charge in [0.05, 0.1) is 17.2 Å². The molecule has 0 radical (unpaired) electrons. The predicted octanol–water partition coefficient (Wildman–Crippen LogP) is 1.41. The van der Waals surface area contributed by atoms with Gasteiger partial charge < -0.3 is 10.7 Å². The van der Waals surface area contributed by atoms with Crippen molar-refractivity contribution in [1.29, 1.82) is 0 Å². The summed E-state index contributed by atoms with van der Waals surface area (Å²) < 4.78 is 0. The van der Waals surface area contributed by atoms with E-state index in [-0.39, 0.29) is 0 Å². The van der Waals surface area contributed by atoms with Gasteiger partial charge >= 0.3 is 0 Å². The molecule has 2 heterocycles. The zero-order valence-electron chi connectivity index (χ0n) is 8.20. The number of fused-ring (bicyclic) bond motifs is 1. The summed E-state index contributed by atoms with van der Waals surface area (Å²) in [5.41, 5.74) is 7.47. The number of hydrogen-bond donors (Lipinski definition) is 2. The fourth-order valence-corrected chi connectivity index (χ4v) is 1.50. The highest BCUT2D eigenvalue weighted by Gasteiger charge is 2.09. The summed E-state index contributed by atoms with van der Waals surface area (Å²) in [7, 11) is 0. The van der Waals surface area contributed by atoms with Crippen LogP contribution in [-0.2, 0) is 0 Å². The molecule has 3 N–H and O–H groups in total. The highest BCUT2D eigenvalue weighted by Crippen LogP contribution is 2.18. The second-order valence-corrected chi connectivity index (χ2v) is 3.49. The molecule has 0 bridgehead atoms. The monoisotopic (exact) mass is 190 g/mol. The molecule has 0 aromatic carbocycles. The Bertz CT molecular complexity index is 388. The summed E-state index contributed by atoms with van der Waals surface area (Å²) in [6.45, 7) is 2.81. The standard InChI is InChI=1S/C10H14N4/c1-7(2-4-11)10-13-8-3-5-12-6-9(8)14-10/h3,5-7H,2,4,11H2,1H3,(H,13,14). The lowest BCUT2D eigenvalue weighted by atomic mass is 10.1. The minimum atomic E-state index is 0.382. The second-order valence-electron chi connectivity index (χ2n) is 3.49. The highest BCUT2D eigenvalue weighted by molar-refractivity contribution is 5.73. The molecular formula is C10H14N4. The molecule has 0 aliphatic heterocycles. The Kier molecular flexibility index (Phi) is 2.45. The van der Waals surface area contributed by atoms with Gasteiger partial charge in [-0.05, 0) is 19.0 Å². The first-order valence-corrected chi connectivity index (χ1v) is 4.81. The van der Waals surface area contributed by atoms with E-state index in [2.05, 4.69) is 21.9 Å². The molecule has 0 fully saturated rings. The van der Waals surface area contributed by atoms with Crippen molar-refractivity contribution >= 4 is 11.0 Å². The van der Waals surface area contributed by atoms with Gasteiger partial charge in [-0.25, -0.2) is 4.98 Å². The third-order valence-electron chi connectivity index (χ3n) is 2.37. The van der Waals surface area contributed by atoms with Crippen molar-refractivity contribution in [2.45, 2.75) is 19.3 Å². The normalized spacial score (nSPS) is 13.3. The molecule has 2 aromatic rings. The average molecular weight is 190 g/mol. The van der Waals surface area contributed by atoms with E-state index in [1.54, 1.807) is 12.4 Å². The largest absolute Gasteiger partial charge is 0.340 e. The van der Waals surface area contributed by atoms with Crippen LogP contribution in [-0.4, -0.2) is 21.5 Å². The molecule has 2 rings (SSSR count). The van der Waals surface area contributed by atoms with Crippen LogP contribution in [0.15, 0.2) is 18.5 Å². The summed E-state index contributed by atoms with van der Waals surface area (Å²) in [5.74, 6) is 1.38. The van der Waals surface area contributed by atoms with Crippen molar-refractivity contribution in [2.24, 2.45) is 5.73 Å². The lowest BCUT2D eigenvalue weighted by Gasteiger charge is -2.04. The molecule has 0 aliphatic rings. The highest BCUT2D eigenvalue weighted by atomic mass is 14.9. The van der Waals surface area contributed by atoms with Gasteiger partial charge in [0, 0.05) is 12.1 Å². The molecular weight excluding hydrogens is 176 g/mol. The molecule has 14 heavy (non-hydrogen) atoms. The molecule has 1 atom stereocenters. The van der Waals surface area contributed by atoms with Gasteiger partial charge in [0.2, 0.25) is 0 Å². The summed E-state index contributed by atoms with van der Waals surface area (Å²) in [6.07, 6.45) is 4.49. The van der Waals surface area contributed by atoms with Crippen LogP contribution in [0.5, 0.6) is 0 Å². The van der Waals surface area contributed by atoms with Gasteiger partial charge in [-0.1, -0.05) is 6.92 Å². The first-order chi connectivity index (χ1) is 6.81. The van der Waals surface area contributed by atoms with Crippen molar-refractivity contribution in [3.63, 3.8) is 0 Å². The topological polar surface area (TPSA) is 67.6 Å². The summed E-state index contributed by atoms with van der Waals surface area (Å²) in [4.78, 5) is 11.8. The molecule has 4 heteroatoms. The number of pyridine rings is 1. The molecule has 4 nitrogen and oxygen atoms in total.